The van der Waals surface area contributed by atoms with Gasteiger partial charge in [0.05, 0.1) is 9.80 Å². The number of nitrogens with zero attached hydrogens (tertiary/aromatic N) is 2. The number of thiophene rings is 1. The molecular weight excluding hydrogens is 326 g/mol. The van der Waals surface area contributed by atoms with Gasteiger partial charge in [-0.3, -0.25) is 14.9 Å². The monoisotopic (exact) mass is 345 g/mol. The molecule has 1 aromatic rings. The number of hydrogen-bond donors (Lipinski definition) is 1. The first-order valence-electron chi connectivity index (χ1n) is 7.40. The lowest BCUT2D eigenvalue weighted by Gasteiger charge is -2.32. The Kier molecular flexibility index (Phi) is 5.77. The average molecular weight is 346 g/mol. The lowest BCUT2D eigenvalue weighted by molar-refractivity contribution is -0.380. The molecule has 6 nitrogen and oxygen atoms in total. The Hall–Kier alpha value is -1.18. The Morgan fingerprint density at radius 2 is 2.00 bits per heavy atom. The molecule has 0 unspecified atom stereocenters. The zero-order valence-corrected chi connectivity index (χ0v) is 13.8. The van der Waals surface area contributed by atoms with Crippen LogP contribution in [-0.4, -0.2) is 41.4 Å². The molecule has 0 radical (unpaired) electrons. The van der Waals surface area contributed by atoms with Crippen molar-refractivity contribution in [2.45, 2.75) is 31.7 Å². The highest BCUT2D eigenvalue weighted by atomic mass is 35.5. The number of carbonyl (C=O) groups is 1. The second kappa shape index (κ2) is 7.39. The molecule has 1 N–H and O–H groups in total. The zero-order valence-electron chi connectivity index (χ0n) is 12.2. The molecule has 0 aromatic carbocycles. The Bertz CT molecular complexity index is 539. The minimum Gasteiger partial charge on any atom is -0.338 e. The van der Waals surface area contributed by atoms with Crippen molar-refractivity contribution in [3.8, 4) is 0 Å². The van der Waals surface area contributed by atoms with Crippen molar-refractivity contribution in [1.82, 2.24) is 10.2 Å². The largest absolute Gasteiger partial charge is 0.338 e. The number of halogens is 1. The second-order valence-electron chi connectivity index (χ2n) is 5.81. The summed E-state index contributed by atoms with van der Waals surface area (Å²) in [6.45, 7) is 2.56. The van der Waals surface area contributed by atoms with Gasteiger partial charge in [-0.25, -0.2) is 0 Å². The van der Waals surface area contributed by atoms with Crippen LogP contribution in [0.2, 0.25) is 0 Å². The third kappa shape index (κ3) is 4.18. The van der Waals surface area contributed by atoms with E-state index in [1.54, 1.807) is 6.07 Å². The Balaban J connectivity index is 0.00000176. The Morgan fingerprint density at radius 3 is 2.55 bits per heavy atom. The van der Waals surface area contributed by atoms with Crippen molar-refractivity contribution < 1.29 is 9.72 Å². The Labute approximate surface area is 139 Å². The molecule has 1 aliphatic carbocycles. The minimum atomic E-state index is -0.449. The molecular formula is C14H20ClN3O3S. The fourth-order valence-corrected chi connectivity index (χ4v) is 3.43. The molecule has 0 spiro atoms. The zero-order chi connectivity index (χ0) is 14.8. The first-order valence-corrected chi connectivity index (χ1v) is 8.22. The van der Waals surface area contributed by atoms with E-state index in [0.717, 1.165) is 49.7 Å². The number of piperidine rings is 1. The molecule has 1 amide bonds. The smallest absolute Gasteiger partial charge is 0.324 e. The normalized spacial score (nSPS) is 18.8. The van der Waals surface area contributed by atoms with E-state index in [9.17, 15) is 14.9 Å². The summed E-state index contributed by atoms with van der Waals surface area (Å²) in [6, 6.07) is 3.47. The van der Waals surface area contributed by atoms with Crippen LogP contribution in [0.25, 0.3) is 0 Å². The van der Waals surface area contributed by atoms with E-state index in [4.69, 9.17) is 0 Å². The highest BCUT2D eigenvalue weighted by Gasteiger charge is 2.27. The van der Waals surface area contributed by atoms with Crippen LogP contribution >= 0.6 is 23.7 Å². The van der Waals surface area contributed by atoms with Gasteiger partial charge in [-0.15, -0.1) is 12.4 Å². The maximum absolute atomic E-state index is 12.3. The van der Waals surface area contributed by atoms with Crippen LogP contribution in [0.1, 0.15) is 35.4 Å². The molecule has 0 atom stereocenters. The van der Waals surface area contributed by atoms with Gasteiger partial charge in [-0.1, -0.05) is 11.3 Å². The lowest BCUT2D eigenvalue weighted by Crippen LogP contribution is -2.45. The van der Waals surface area contributed by atoms with E-state index in [0.29, 0.717) is 10.9 Å². The van der Waals surface area contributed by atoms with Gasteiger partial charge in [0.1, 0.15) is 0 Å². The van der Waals surface area contributed by atoms with Gasteiger partial charge in [0.15, 0.2) is 0 Å². The predicted molar refractivity (Wildman–Crippen MR) is 87.9 cm³/mol. The molecule has 122 valence electrons. The second-order valence-corrected chi connectivity index (χ2v) is 6.88. The number of likely N-dealkylation sites (tertiary alicyclic amines) is 1. The third-order valence-corrected chi connectivity index (χ3v) is 5.18. The number of nitro groups is 1. The minimum absolute atomic E-state index is 0. The summed E-state index contributed by atoms with van der Waals surface area (Å²) in [6.07, 6.45) is 4.63. The van der Waals surface area contributed by atoms with Gasteiger partial charge in [0.25, 0.3) is 5.91 Å². The van der Waals surface area contributed by atoms with Crippen molar-refractivity contribution in [2.24, 2.45) is 5.92 Å². The summed E-state index contributed by atoms with van der Waals surface area (Å²) in [4.78, 5) is 24.8. The van der Waals surface area contributed by atoms with Gasteiger partial charge in [-0.2, -0.15) is 0 Å². The van der Waals surface area contributed by atoms with Crippen molar-refractivity contribution in [3.05, 3.63) is 27.1 Å². The summed E-state index contributed by atoms with van der Waals surface area (Å²) in [5.41, 5.74) is 0. The van der Waals surface area contributed by atoms with Crippen molar-refractivity contribution in [1.29, 1.82) is 0 Å². The highest BCUT2D eigenvalue weighted by molar-refractivity contribution is 7.17. The number of carbonyl (C=O) groups excluding carboxylic acids is 1. The van der Waals surface area contributed by atoms with E-state index < -0.39 is 4.92 Å². The molecule has 1 saturated carbocycles. The molecule has 2 aliphatic rings. The molecule has 3 rings (SSSR count). The van der Waals surface area contributed by atoms with E-state index >= 15 is 0 Å². The predicted octanol–water partition coefficient (Wildman–Crippen LogP) is 2.68. The van der Waals surface area contributed by atoms with Gasteiger partial charge in [0.2, 0.25) is 0 Å². The van der Waals surface area contributed by atoms with Crippen LogP contribution in [0.15, 0.2) is 12.1 Å². The topological polar surface area (TPSA) is 75.5 Å². The molecule has 2 heterocycles. The molecule has 1 aromatic heterocycles. The fraction of sp³-hybridized carbons (Fsp3) is 0.643. The van der Waals surface area contributed by atoms with Crippen LogP contribution in [0.3, 0.4) is 0 Å². The summed E-state index contributed by atoms with van der Waals surface area (Å²) in [5.74, 6) is 0.796. The maximum atomic E-state index is 12.3. The summed E-state index contributed by atoms with van der Waals surface area (Å²) in [7, 11) is 0. The van der Waals surface area contributed by atoms with E-state index in [2.05, 4.69) is 5.32 Å². The van der Waals surface area contributed by atoms with Crippen LogP contribution in [0.4, 0.5) is 5.00 Å². The molecule has 22 heavy (non-hydrogen) atoms. The molecule has 1 saturated heterocycles. The van der Waals surface area contributed by atoms with Gasteiger partial charge in [0, 0.05) is 25.2 Å². The summed E-state index contributed by atoms with van der Waals surface area (Å²) < 4.78 is 0. The van der Waals surface area contributed by atoms with E-state index in [1.165, 1.54) is 18.9 Å². The number of hydrogen-bond acceptors (Lipinski definition) is 5. The molecule has 2 fully saturated rings. The standard InChI is InChI=1S/C14H19N3O3S.ClH/c18-14(12-3-4-13(21-12)17(19)20)16-7-5-11(6-8-16)15-9-10-1-2-10;/h3-4,10-11,15H,1-2,5-9H2;1H. The molecule has 0 bridgehead atoms. The summed E-state index contributed by atoms with van der Waals surface area (Å²) >= 11 is 0.960. The van der Waals surface area contributed by atoms with Gasteiger partial charge >= 0.3 is 5.00 Å². The van der Waals surface area contributed by atoms with Crippen molar-refractivity contribution in [2.75, 3.05) is 19.6 Å². The quantitative estimate of drug-likeness (QED) is 0.657. The lowest BCUT2D eigenvalue weighted by atomic mass is 10.0. The van der Waals surface area contributed by atoms with Crippen LogP contribution in [0, 0.1) is 16.0 Å². The fourth-order valence-electron chi connectivity index (χ4n) is 2.64. The molecule has 8 heteroatoms. The first kappa shape index (κ1) is 17.2. The highest BCUT2D eigenvalue weighted by Crippen LogP contribution is 2.28. The number of rotatable bonds is 5. The maximum Gasteiger partial charge on any atom is 0.324 e. The summed E-state index contributed by atoms with van der Waals surface area (Å²) in [5, 5.41) is 14.3. The third-order valence-electron chi connectivity index (χ3n) is 4.16. The SMILES string of the molecule is Cl.O=C(c1ccc([N+](=O)[O-])s1)N1CCC(NCC2CC2)CC1. The first-order chi connectivity index (χ1) is 10.1. The Morgan fingerprint density at radius 1 is 1.32 bits per heavy atom. The van der Waals surface area contributed by atoms with Crippen molar-refractivity contribution >= 4 is 34.7 Å². The van der Waals surface area contributed by atoms with E-state index in [1.807, 2.05) is 4.90 Å². The van der Waals surface area contributed by atoms with E-state index in [-0.39, 0.29) is 23.3 Å². The average Bonchev–Trinajstić information content (AvgIpc) is 3.18. The van der Waals surface area contributed by atoms with Crippen LogP contribution < -0.4 is 5.32 Å². The number of nitrogens with one attached hydrogen (secondary N) is 1. The molecule has 1 aliphatic heterocycles. The van der Waals surface area contributed by atoms with Gasteiger partial charge in [-0.05, 0) is 44.2 Å². The van der Waals surface area contributed by atoms with Crippen molar-refractivity contribution in [3.63, 3.8) is 0 Å². The van der Waals surface area contributed by atoms with Crippen LogP contribution in [-0.2, 0) is 0 Å². The van der Waals surface area contributed by atoms with Crippen LogP contribution in [0.5, 0.6) is 0 Å². The van der Waals surface area contributed by atoms with Gasteiger partial charge < -0.3 is 10.2 Å². The number of amides is 1.